The van der Waals surface area contributed by atoms with Crippen molar-refractivity contribution >= 4 is 46.4 Å². The second-order valence-corrected chi connectivity index (χ2v) is 6.58. The smallest absolute Gasteiger partial charge is 0.239 e. The van der Waals surface area contributed by atoms with Crippen LogP contribution in [0.4, 0.5) is 5.69 Å². The monoisotopic (exact) mass is 350 g/mol. The van der Waals surface area contributed by atoms with Crippen LogP contribution in [0.2, 0.25) is 5.02 Å². The highest BCUT2D eigenvalue weighted by Gasteiger charge is 2.49. The summed E-state index contributed by atoms with van der Waals surface area (Å²) in [6.45, 7) is 5.08. The van der Waals surface area contributed by atoms with Gasteiger partial charge in [-0.15, -0.1) is 0 Å². The number of fused-ring (bicyclic) bond motifs is 1. The van der Waals surface area contributed by atoms with E-state index in [1.54, 1.807) is 0 Å². The number of aliphatic imine (C=N–C) groups is 1. The van der Waals surface area contributed by atoms with Gasteiger partial charge in [-0.2, -0.15) is 0 Å². The number of halogens is 1. The number of anilines is 1. The number of nitrogens with one attached hydrogen (secondary N) is 1. The molecule has 1 aromatic rings. The normalized spacial score (nSPS) is 20.0. The summed E-state index contributed by atoms with van der Waals surface area (Å²) in [5.74, 6) is 0.744. The van der Waals surface area contributed by atoms with Gasteiger partial charge in [-0.3, -0.25) is 9.69 Å². The zero-order valence-electron chi connectivity index (χ0n) is 13.2. The van der Waals surface area contributed by atoms with E-state index in [4.69, 9.17) is 28.8 Å². The summed E-state index contributed by atoms with van der Waals surface area (Å²) in [4.78, 5) is 21.2. The molecule has 2 heterocycles. The number of amidine groups is 1. The van der Waals surface area contributed by atoms with Crippen LogP contribution in [-0.2, 0) is 4.79 Å². The van der Waals surface area contributed by atoms with Crippen LogP contribution in [0.15, 0.2) is 29.3 Å². The second-order valence-electron chi connectivity index (χ2n) is 5.76. The van der Waals surface area contributed by atoms with Crippen LogP contribution < -0.4 is 10.2 Å². The Morgan fingerprint density at radius 3 is 2.78 bits per heavy atom. The van der Waals surface area contributed by atoms with Gasteiger partial charge in [-0.05, 0) is 43.3 Å². The number of thiocarbonyl (C=S) groups is 1. The lowest BCUT2D eigenvalue weighted by atomic mass is 9.78. The fraction of sp³-hybridized carbons (Fsp3) is 0.438. The molecule has 0 bridgehead atoms. The maximum Gasteiger partial charge on any atom is 0.239 e. The third kappa shape index (κ3) is 2.60. The lowest BCUT2D eigenvalue weighted by Crippen LogP contribution is -2.66. The van der Waals surface area contributed by atoms with Gasteiger partial charge in [0.25, 0.3) is 0 Å². The maximum absolute atomic E-state index is 12.5. The molecule has 2 aliphatic heterocycles. The first-order chi connectivity index (χ1) is 11.0. The number of hydrogen-bond donors (Lipinski definition) is 1. The van der Waals surface area contributed by atoms with Crippen LogP contribution in [0, 0.1) is 5.41 Å². The quantitative estimate of drug-likeness (QED) is 0.851. The molecule has 0 unspecified atom stereocenters. The molecule has 23 heavy (non-hydrogen) atoms. The number of amides is 1. The molecule has 0 saturated carbocycles. The number of rotatable bonds is 3. The minimum Gasteiger partial charge on any atom is -0.334 e. The van der Waals surface area contributed by atoms with Gasteiger partial charge in [0.1, 0.15) is 24.6 Å². The topological polar surface area (TPSA) is 47.9 Å². The Labute approximate surface area is 146 Å². The largest absolute Gasteiger partial charge is 0.334 e. The van der Waals surface area contributed by atoms with Gasteiger partial charge in [0.2, 0.25) is 5.91 Å². The third-order valence-corrected chi connectivity index (χ3v) is 5.23. The Morgan fingerprint density at radius 2 is 2.13 bits per heavy atom. The van der Waals surface area contributed by atoms with Gasteiger partial charge in [-0.1, -0.05) is 31.5 Å². The molecule has 122 valence electrons. The molecule has 1 N–H and O–H groups in total. The standard InChI is InChI=1S/C16H19ClN4OS/c1-3-16(4-2)13-18-9-20(12-7-5-6-11(17)8-12)10-21(13)15(23)19-14(16)22/h5-8H,3-4,9-10H2,1-2H3,(H,19,22,23). The fourth-order valence-electron chi connectivity index (χ4n) is 3.20. The molecule has 0 spiro atoms. The first-order valence-corrected chi connectivity index (χ1v) is 8.49. The van der Waals surface area contributed by atoms with E-state index in [1.807, 2.05) is 43.0 Å². The Kier molecular flexibility index (Phi) is 4.29. The Hall–Kier alpha value is -1.66. The van der Waals surface area contributed by atoms with Crippen LogP contribution in [0.1, 0.15) is 26.7 Å². The molecule has 5 nitrogen and oxygen atoms in total. The first kappa shape index (κ1) is 16.2. The molecular formula is C16H19ClN4OS. The number of carbonyl (C=O) groups excluding carboxylic acids is 1. The average molecular weight is 351 g/mol. The van der Waals surface area contributed by atoms with Crippen molar-refractivity contribution < 1.29 is 4.79 Å². The number of carbonyl (C=O) groups is 1. The highest BCUT2D eigenvalue weighted by Crippen LogP contribution is 2.35. The molecule has 1 saturated heterocycles. The van der Waals surface area contributed by atoms with Gasteiger partial charge in [0.15, 0.2) is 5.11 Å². The van der Waals surface area contributed by atoms with Gasteiger partial charge < -0.3 is 10.2 Å². The van der Waals surface area contributed by atoms with Gasteiger partial charge >= 0.3 is 0 Å². The van der Waals surface area contributed by atoms with Crippen LogP contribution in [0.3, 0.4) is 0 Å². The van der Waals surface area contributed by atoms with E-state index in [1.165, 1.54) is 0 Å². The minimum absolute atomic E-state index is 0.0429. The highest BCUT2D eigenvalue weighted by atomic mass is 35.5. The molecule has 7 heteroatoms. The van der Waals surface area contributed by atoms with Crippen molar-refractivity contribution in [2.24, 2.45) is 10.4 Å². The van der Waals surface area contributed by atoms with Crippen molar-refractivity contribution in [2.75, 3.05) is 18.2 Å². The van der Waals surface area contributed by atoms with Gasteiger partial charge in [0.05, 0.1) is 0 Å². The lowest BCUT2D eigenvalue weighted by Gasteiger charge is -2.47. The zero-order chi connectivity index (χ0) is 16.6. The maximum atomic E-state index is 12.5. The van der Waals surface area contributed by atoms with Gasteiger partial charge in [-0.25, -0.2) is 4.99 Å². The molecular weight excluding hydrogens is 332 g/mol. The van der Waals surface area contributed by atoms with E-state index >= 15 is 0 Å². The van der Waals surface area contributed by atoms with Crippen molar-refractivity contribution in [1.82, 2.24) is 10.2 Å². The number of nitrogens with zero attached hydrogens (tertiary/aromatic N) is 3. The molecule has 0 aromatic heterocycles. The van der Waals surface area contributed by atoms with E-state index in [0.29, 0.717) is 36.3 Å². The summed E-state index contributed by atoms with van der Waals surface area (Å²) in [6, 6.07) is 7.65. The molecule has 2 aliphatic rings. The van der Waals surface area contributed by atoms with Crippen LogP contribution in [-0.4, -0.2) is 35.1 Å². The number of hydrogen-bond acceptors (Lipinski definition) is 4. The van der Waals surface area contributed by atoms with E-state index < -0.39 is 5.41 Å². The third-order valence-electron chi connectivity index (χ3n) is 4.67. The predicted molar refractivity (Wildman–Crippen MR) is 96.7 cm³/mol. The van der Waals surface area contributed by atoms with E-state index in [2.05, 4.69) is 10.2 Å². The minimum atomic E-state index is -0.595. The summed E-state index contributed by atoms with van der Waals surface area (Å²) in [5.41, 5.74) is 0.390. The van der Waals surface area contributed by atoms with E-state index in [0.717, 1.165) is 11.5 Å². The Balaban J connectivity index is 1.97. The highest BCUT2D eigenvalue weighted by molar-refractivity contribution is 7.80. The molecule has 0 aliphatic carbocycles. The molecule has 3 rings (SSSR count). The molecule has 1 amide bonds. The van der Waals surface area contributed by atoms with Crippen molar-refractivity contribution in [3.8, 4) is 0 Å². The summed E-state index contributed by atoms with van der Waals surface area (Å²) in [5, 5.41) is 3.94. The molecule has 1 aromatic carbocycles. The van der Waals surface area contributed by atoms with Crippen LogP contribution in [0.5, 0.6) is 0 Å². The number of benzene rings is 1. The summed E-state index contributed by atoms with van der Waals surface area (Å²) < 4.78 is 0. The van der Waals surface area contributed by atoms with Crippen LogP contribution in [0.25, 0.3) is 0 Å². The van der Waals surface area contributed by atoms with Crippen molar-refractivity contribution in [3.05, 3.63) is 29.3 Å². The van der Waals surface area contributed by atoms with Crippen LogP contribution >= 0.6 is 23.8 Å². The molecule has 0 radical (unpaired) electrons. The van der Waals surface area contributed by atoms with Crippen molar-refractivity contribution in [2.45, 2.75) is 26.7 Å². The van der Waals surface area contributed by atoms with E-state index in [9.17, 15) is 4.79 Å². The van der Waals surface area contributed by atoms with Crippen molar-refractivity contribution in [3.63, 3.8) is 0 Å². The summed E-state index contributed by atoms with van der Waals surface area (Å²) >= 11 is 11.4. The first-order valence-electron chi connectivity index (χ1n) is 7.70. The predicted octanol–water partition coefficient (Wildman–Crippen LogP) is 3.00. The lowest BCUT2D eigenvalue weighted by molar-refractivity contribution is -0.127. The zero-order valence-corrected chi connectivity index (χ0v) is 14.7. The van der Waals surface area contributed by atoms with Crippen molar-refractivity contribution in [1.29, 1.82) is 0 Å². The molecule has 0 atom stereocenters. The summed E-state index contributed by atoms with van der Waals surface area (Å²) in [6.07, 6.45) is 1.40. The second kappa shape index (κ2) is 6.09. The van der Waals surface area contributed by atoms with Gasteiger partial charge in [0, 0.05) is 10.7 Å². The van der Waals surface area contributed by atoms with E-state index in [-0.39, 0.29) is 5.91 Å². The Morgan fingerprint density at radius 1 is 1.39 bits per heavy atom. The SMILES string of the molecule is CCC1(CC)C(=O)NC(=S)N2CN(c3cccc(Cl)c3)CN=C21. The fourth-order valence-corrected chi connectivity index (χ4v) is 3.62. The average Bonchev–Trinajstić information content (AvgIpc) is 2.56. The summed E-state index contributed by atoms with van der Waals surface area (Å²) in [7, 11) is 0. The Bertz CT molecular complexity index is 686. The molecule has 1 fully saturated rings.